The monoisotopic (exact) mass is 1120 g/mol. The van der Waals surface area contributed by atoms with Crippen LogP contribution in [0, 0.1) is 50.2 Å². The van der Waals surface area contributed by atoms with E-state index in [9.17, 15) is 60.7 Å². The third-order valence-electron chi connectivity index (χ3n) is 22.1. The Balaban J connectivity index is 0.910. The van der Waals surface area contributed by atoms with Gasteiger partial charge < -0.3 is 89.6 Å². The summed E-state index contributed by atoms with van der Waals surface area (Å²) < 4.78 is 35.2. The van der Waals surface area contributed by atoms with Crippen molar-refractivity contribution in [2.24, 2.45) is 50.2 Å². The van der Waals surface area contributed by atoms with Crippen LogP contribution in [0.4, 0.5) is 0 Å². The van der Waals surface area contributed by atoms with Gasteiger partial charge in [-0.1, -0.05) is 118 Å². The highest BCUT2D eigenvalue weighted by atomic mass is 16.7. The molecule has 1 amide bonds. The Morgan fingerprint density at radius 2 is 1.14 bits per heavy atom. The van der Waals surface area contributed by atoms with Gasteiger partial charge in [-0.2, -0.15) is 0 Å². The van der Waals surface area contributed by atoms with E-state index in [0.29, 0.717) is 6.42 Å². The number of amides is 1. The molecule has 17 unspecified atom stereocenters. The predicted octanol–water partition coefficient (Wildman–Crippen LogP) is 3.84. The first-order valence-electron chi connectivity index (χ1n) is 30.4. The van der Waals surface area contributed by atoms with E-state index in [1.165, 1.54) is 56.9 Å². The van der Waals surface area contributed by atoms with Gasteiger partial charge in [-0.3, -0.25) is 4.79 Å². The number of aliphatic hydroxyl groups is 10. The van der Waals surface area contributed by atoms with Crippen LogP contribution in [0.25, 0.3) is 0 Å². The SMILES string of the molecule is CCCCCCCCCCCCNC(=O)[C@]12CCC(C)(C)C[C@H]1C1=CCC3[C@@]4(C)CC[C@H](OC5OC(COC6OC(COC7OC(CO)C(O)C(O)C7O)C(O)C(O)C6O)C(O)C(O)C5O)[C@@](C)(C=O)C4CC[C@@]3(C)[C@]1(C)CC2. The number of hydrogen-bond acceptors (Lipinski definition) is 18. The summed E-state index contributed by atoms with van der Waals surface area (Å²) in [6.45, 7) is 15.1. The molecule has 8 aliphatic rings. The number of carbonyl (C=O) groups excluding carboxylic acids is 2. The lowest BCUT2D eigenvalue weighted by Gasteiger charge is -2.71. The quantitative estimate of drug-likeness (QED) is 0.0318. The first-order valence-corrected chi connectivity index (χ1v) is 30.4. The van der Waals surface area contributed by atoms with Crippen molar-refractivity contribution in [3.05, 3.63) is 11.6 Å². The lowest BCUT2D eigenvalue weighted by Crippen LogP contribution is -2.67. The second kappa shape index (κ2) is 25.4. The fourth-order valence-electron chi connectivity index (χ4n) is 16.8. The second-order valence-corrected chi connectivity index (χ2v) is 27.3. The first kappa shape index (κ1) is 63.3. The Morgan fingerprint density at radius 3 is 1.71 bits per heavy atom. The molecule has 5 aliphatic carbocycles. The van der Waals surface area contributed by atoms with Gasteiger partial charge in [0.15, 0.2) is 18.9 Å². The maximum absolute atomic E-state index is 14.7. The molecule has 3 saturated heterocycles. The maximum Gasteiger partial charge on any atom is 0.226 e. The third-order valence-corrected chi connectivity index (χ3v) is 22.1. The topological polar surface area (TPSA) is 304 Å². The molecule has 0 aromatic rings. The van der Waals surface area contributed by atoms with E-state index in [2.05, 4.69) is 52.9 Å². The van der Waals surface area contributed by atoms with Crippen LogP contribution in [-0.2, 0) is 38.0 Å². The third kappa shape index (κ3) is 12.0. The average molecular weight is 1120 g/mol. The number of ether oxygens (including phenoxy) is 6. The smallest absolute Gasteiger partial charge is 0.226 e. The molecule has 0 bridgehead atoms. The van der Waals surface area contributed by atoms with Crippen LogP contribution in [0.3, 0.4) is 0 Å². The van der Waals surface area contributed by atoms with Gasteiger partial charge in [0.2, 0.25) is 5.91 Å². The minimum absolute atomic E-state index is 0.108. The number of rotatable bonds is 22. The van der Waals surface area contributed by atoms with Crippen LogP contribution < -0.4 is 5.32 Å². The van der Waals surface area contributed by atoms with Gasteiger partial charge in [0.1, 0.15) is 79.5 Å². The van der Waals surface area contributed by atoms with Crippen LogP contribution in [0.1, 0.15) is 177 Å². The molecule has 7 fully saturated rings. The van der Waals surface area contributed by atoms with E-state index in [-0.39, 0.29) is 45.3 Å². The van der Waals surface area contributed by atoms with E-state index in [4.69, 9.17) is 28.4 Å². The van der Waals surface area contributed by atoms with Gasteiger partial charge in [-0.15, -0.1) is 0 Å². The molecule has 0 spiro atoms. The van der Waals surface area contributed by atoms with E-state index in [1.807, 2.05) is 6.92 Å². The van der Waals surface area contributed by atoms with Crippen molar-refractivity contribution in [2.45, 2.75) is 275 Å². The van der Waals surface area contributed by atoms with E-state index in [1.54, 1.807) is 0 Å². The second-order valence-electron chi connectivity index (χ2n) is 27.3. The van der Waals surface area contributed by atoms with Crippen LogP contribution in [0.2, 0.25) is 0 Å². The zero-order valence-corrected chi connectivity index (χ0v) is 48.3. The molecule has 0 aromatic carbocycles. The highest BCUT2D eigenvalue weighted by molar-refractivity contribution is 5.84. The normalized spacial score (nSPS) is 47.7. The molecule has 3 aliphatic heterocycles. The predicted molar refractivity (Wildman–Crippen MR) is 288 cm³/mol. The number of aliphatic hydroxyl groups excluding tert-OH is 10. The van der Waals surface area contributed by atoms with Crippen LogP contribution >= 0.6 is 0 Å². The molecule has 24 atom stereocenters. The van der Waals surface area contributed by atoms with Crippen LogP contribution in [0.15, 0.2) is 11.6 Å². The zero-order valence-electron chi connectivity index (χ0n) is 48.3. The molecule has 0 radical (unpaired) electrons. The van der Waals surface area contributed by atoms with Crippen molar-refractivity contribution in [1.29, 1.82) is 0 Å². The summed E-state index contributed by atoms with van der Waals surface area (Å²) in [6.07, 6.45) is -1.02. The molecular formula is C60H101NO18. The number of aldehydes is 1. The Labute approximate surface area is 468 Å². The van der Waals surface area contributed by atoms with E-state index < -0.39 is 129 Å². The van der Waals surface area contributed by atoms with Gasteiger partial charge in [0, 0.05) is 6.54 Å². The lowest BCUT2D eigenvalue weighted by atomic mass is 9.33. The molecule has 3 heterocycles. The van der Waals surface area contributed by atoms with Crippen molar-refractivity contribution >= 4 is 12.2 Å². The minimum Gasteiger partial charge on any atom is -0.394 e. The van der Waals surface area contributed by atoms with Crippen molar-refractivity contribution in [2.75, 3.05) is 26.4 Å². The largest absolute Gasteiger partial charge is 0.394 e. The van der Waals surface area contributed by atoms with Gasteiger partial charge in [0.05, 0.1) is 36.8 Å². The Hall–Kier alpha value is -1.76. The molecule has 19 nitrogen and oxygen atoms in total. The van der Waals surface area contributed by atoms with Crippen molar-refractivity contribution < 1.29 is 89.1 Å². The summed E-state index contributed by atoms with van der Waals surface area (Å²) >= 11 is 0. The number of fused-ring (bicyclic) bond motifs is 7. The standard InChI is InChI=1S/C60H101NO18/c1-8-9-10-11-12-13-14-15-16-17-28-61-54(73)60-26-24-55(2,3)29-35(60)34-18-19-40-56(4)22-21-41(57(5,33-63)39(56)20-23-59(40,7)58(34,6)25-27-60)79-53-50(72)47(69)44(66)38(78-53)32-75-52-49(71)46(68)43(65)37(77-52)31-74-51-48(70)45(67)42(64)36(30-62)76-51/h18,33,35-53,62,64-72H,8-17,19-32H2,1-7H3,(H,61,73)/t35-,36?,37?,38?,39?,40?,41-,42?,43?,44?,45?,46?,47?,48?,49?,50?,51?,52?,53?,56-,57-,58+,59+,60-/m0/s1. The summed E-state index contributed by atoms with van der Waals surface area (Å²) in [4.78, 5) is 28.4. The van der Waals surface area contributed by atoms with Gasteiger partial charge in [0.25, 0.3) is 0 Å². The molecule has 19 heteroatoms. The molecule has 454 valence electrons. The van der Waals surface area contributed by atoms with Crippen molar-refractivity contribution in [3.63, 3.8) is 0 Å². The van der Waals surface area contributed by atoms with Crippen LogP contribution in [-0.4, -0.2) is 188 Å². The van der Waals surface area contributed by atoms with E-state index in [0.717, 1.165) is 83.5 Å². The molecule has 4 saturated carbocycles. The molecule has 0 aromatic heterocycles. The zero-order chi connectivity index (χ0) is 57.5. The van der Waals surface area contributed by atoms with Gasteiger partial charge >= 0.3 is 0 Å². The summed E-state index contributed by atoms with van der Waals surface area (Å²) in [6, 6.07) is 0. The Morgan fingerprint density at radius 1 is 0.620 bits per heavy atom. The van der Waals surface area contributed by atoms with Gasteiger partial charge in [-0.25, -0.2) is 0 Å². The maximum atomic E-state index is 14.7. The average Bonchev–Trinajstić information content (AvgIpc) is 2.95. The van der Waals surface area contributed by atoms with Crippen LogP contribution in [0.5, 0.6) is 0 Å². The van der Waals surface area contributed by atoms with Crippen molar-refractivity contribution in [1.82, 2.24) is 5.32 Å². The fourth-order valence-corrected chi connectivity index (χ4v) is 16.8. The van der Waals surface area contributed by atoms with Crippen molar-refractivity contribution in [3.8, 4) is 0 Å². The number of hydrogen-bond donors (Lipinski definition) is 11. The lowest BCUT2D eigenvalue weighted by molar-refractivity contribution is -0.349. The fraction of sp³-hybridized carbons (Fsp3) is 0.933. The molecule has 79 heavy (non-hydrogen) atoms. The highest BCUT2D eigenvalue weighted by Gasteiger charge is 2.70. The Kier molecular flexibility index (Phi) is 20.4. The van der Waals surface area contributed by atoms with E-state index >= 15 is 0 Å². The minimum atomic E-state index is -1.85. The number of carbonyl (C=O) groups is 2. The Bertz CT molecular complexity index is 2060. The highest BCUT2D eigenvalue weighted by Crippen LogP contribution is 2.76. The summed E-state index contributed by atoms with van der Waals surface area (Å²) in [5, 5.41) is 110. The first-order chi connectivity index (χ1) is 37.4. The summed E-state index contributed by atoms with van der Waals surface area (Å²) in [7, 11) is 0. The summed E-state index contributed by atoms with van der Waals surface area (Å²) in [5.74, 6) is 0.521. The molecular weight excluding hydrogens is 1020 g/mol. The number of unbranched alkanes of at least 4 members (excludes halogenated alkanes) is 9. The molecule has 8 rings (SSSR count). The molecule has 11 N–H and O–H groups in total. The number of nitrogens with one attached hydrogen (secondary N) is 1. The summed E-state index contributed by atoms with van der Waals surface area (Å²) in [5.41, 5.74) is -0.434. The number of allylic oxidation sites excluding steroid dienone is 2. The van der Waals surface area contributed by atoms with Gasteiger partial charge in [-0.05, 0) is 110 Å².